The van der Waals surface area contributed by atoms with Gasteiger partial charge < -0.3 is 9.47 Å². The molecule has 3 aliphatic rings. The Balaban J connectivity index is 1.86. The van der Waals surface area contributed by atoms with E-state index in [1.54, 1.807) is 0 Å². The first kappa shape index (κ1) is 17.2. The minimum atomic E-state index is -0.472. The number of ether oxygens (including phenoxy) is 2. The van der Waals surface area contributed by atoms with Crippen molar-refractivity contribution in [3.63, 3.8) is 0 Å². The van der Waals surface area contributed by atoms with Crippen molar-refractivity contribution in [1.29, 1.82) is 0 Å². The highest BCUT2D eigenvalue weighted by Gasteiger charge is 2.74. The second kappa shape index (κ2) is 5.40. The van der Waals surface area contributed by atoms with Crippen LogP contribution in [0, 0.1) is 0 Å². The van der Waals surface area contributed by atoms with E-state index in [4.69, 9.17) is 9.47 Å². The van der Waals surface area contributed by atoms with Crippen LogP contribution in [0.15, 0.2) is 30.3 Å². The standard InChI is InChI=1S/C19H27NO2S2/c1-12-13(2)21-18(16-10-8-7-9-11-16)20(12)17(5,6)19(24-18)22-14(3)15(4)23-19/h7-15H,1-6H3/t12-,13+,14+,15-,18+,19?/m1/s1. The lowest BCUT2D eigenvalue weighted by atomic mass is 9.98. The fraction of sp³-hybridized carbons (Fsp3) is 0.684. The summed E-state index contributed by atoms with van der Waals surface area (Å²) in [5, 5.41) is 0.0118. The van der Waals surface area contributed by atoms with Gasteiger partial charge in [-0.1, -0.05) is 49.0 Å². The second-order valence-electron chi connectivity index (χ2n) is 7.74. The van der Waals surface area contributed by atoms with Crippen molar-refractivity contribution in [2.24, 2.45) is 0 Å². The summed E-state index contributed by atoms with van der Waals surface area (Å²) in [4.78, 5) is 2.56. The van der Waals surface area contributed by atoms with E-state index in [9.17, 15) is 0 Å². The van der Waals surface area contributed by atoms with Crippen LogP contribution in [0.4, 0.5) is 0 Å². The Bertz CT molecular complexity index is 628. The molecule has 0 bridgehead atoms. The Hall–Kier alpha value is -0.200. The van der Waals surface area contributed by atoms with Gasteiger partial charge in [0, 0.05) is 16.9 Å². The van der Waals surface area contributed by atoms with E-state index < -0.39 is 5.06 Å². The first-order valence-electron chi connectivity index (χ1n) is 8.82. The number of thioether (sulfide) groups is 2. The number of rotatable bonds is 1. The highest BCUT2D eigenvalue weighted by atomic mass is 32.2. The molecule has 0 amide bonds. The van der Waals surface area contributed by atoms with E-state index in [1.165, 1.54) is 5.56 Å². The third-order valence-electron chi connectivity index (χ3n) is 5.86. The molecule has 0 aliphatic carbocycles. The zero-order valence-electron chi connectivity index (χ0n) is 15.3. The normalized spacial score (nSPS) is 47.4. The van der Waals surface area contributed by atoms with Crippen molar-refractivity contribution in [1.82, 2.24) is 4.90 Å². The Morgan fingerprint density at radius 1 is 0.958 bits per heavy atom. The molecular formula is C19H27NO2S2. The van der Waals surface area contributed by atoms with Gasteiger partial charge in [-0.15, -0.1) is 11.8 Å². The van der Waals surface area contributed by atoms with Crippen LogP contribution in [0.1, 0.15) is 47.1 Å². The molecule has 3 heterocycles. The molecule has 0 saturated carbocycles. The van der Waals surface area contributed by atoms with E-state index in [2.05, 4.69) is 76.8 Å². The first-order valence-corrected chi connectivity index (χ1v) is 10.5. The highest BCUT2D eigenvalue weighted by molar-refractivity contribution is 8.19. The molecule has 0 radical (unpaired) electrons. The fourth-order valence-electron chi connectivity index (χ4n) is 4.25. The van der Waals surface area contributed by atoms with Crippen LogP contribution in [0.5, 0.6) is 0 Å². The molecule has 1 unspecified atom stereocenters. The highest BCUT2D eigenvalue weighted by Crippen LogP contribution is 2.72. The van der Waals surface area contributed by atoms with Crippen LogP contribution in [0.3, 0.4) is 0 Å². The fourth-order valence-corrected chi connectivity index (χ4v) is 8.43. The maximum absolute atomic E-state index is 6.66. The maximum atomic E-state index is 6.66. The molecule has 132 valence electrons. The molecule has 3 aliphatic heterocycles. The largest absolute Gasteiger partial charge is 0.349 e. The summed E-state index contributed by atoms with van der Waals surface area (Å²) in [6.45, 7) is 13.6. The van der Waals surface area contributed by atoms with Crippen LogP contribution >= 0.6 is 23.5 Å². The van der Waals surface area contributed by atoms with Gasteiger partial charge in [0.05, 0.1) is 17.7 Å². The van der Waals surface area contributed by atoms with Crippen molar-refractivity contribution >= 4 is 23.5 Å². The van der Waals surface area contributed by atoms with Gasteiger partial charge in [0.1, 0.15) is 0 Å². The van der Waals surface area contributed by atoms with E-state index in [1.807, 2.05) is 23.5 Å². The van der Waals surface area contributed by atoms with Gasteiger partial charge in [-0.2, -0.15) is 0 Å². The smallest absolute Gasteiger partial charge is 0.201 e. The number of nitrogens with zero attached hydrogens (tertiary/aromatic N) is 1. The third-order valence-corrected chi connectivity index (χ3v) is 9.72. The van der Waals surface area contributed by atoms with Crippen LogP contribution in [-0.4, -0.2) is 38.2 Å². The molecule has 6 atom stereocenters. The van der Waals surface area contributed by atoms with Gasteiger partial charge in [0.15, 0.2) is 4.27 Å². The van der Waals surface area contributed by atoms with Crippen LogP contribution in [0.25, 0.3) is 0 Å². The van der Waals surface area contributed by atoms with E-state index in [0.717, 1.165) is 0 Å². The summed E-state index contributed by atoms with van der Waals surface area (Å²) in [5.41, 5.74) is 1.08. The predicted molar refractivity (Wildman–Crippen MR) is 102 cm³/mol. The van der Waals surface area contributed by atoms with Gasteiger partial charge in [-0.3, -0.25) is 0 Å². The lowest BCUT2D eigenvalue weighted by Crippen LogP contribution is -2.56. The Morgan fingerprint density at radius 2 is 1.62 bits per heavy atom. The van der Waals surface area contributed by atoms with Crippen molar-refractivity contribution < 1.29 is 9.47 Å². The predicted octanol–water partition coefficient (Wildman–Crippen LogP) is 4.63. The molecule has 4 rings (SSSR count). The third kappa shape index (κ3) is 2.05. The molecule has 5 heteroatoms. The van der Waals surface area contributed by atoms with Gasteiger partial charge in [0.25, 0.3) is 0 Å². The number of benzene rings is 1. The SMILES string of the molecule is C[C@@H]1O[C@@]2(c3ccccc3)SC3(O[C@@H](C)[C@@H](C)S3)C(C)(C)N2[C@@H]1C. The Labute approximate surface area is 153 Å². The Morgan fingerprint density at radius 3 is 2.21 bits per heavy atom. The van der Waals surface area contributed by atoms with Crippen molar-refractivity contribution in [2.45, 2.75) is 79.9 Å². The molecular weight excluding hydrogens is 338 g/mol. The van der Waals surface area contributed by atoms with Gasteiger partial charge in [0.2, 0.25) is 5.06 Å². The van der Waals surface area contributed by atoms with Gasteiger partial charge in [-0.05, 0) is 34.6 Å². The molecule has 0 aromatic heterocycles. The lowest BCUT2D eigenvalue weighted by molar-refractivity contribution is -0.0840. The summed E-state index contributed by atoms with van der Waals surface area (Å²) in [6, 6.07) is 11.0. The van der Waals surface area contributed by atoms with Crippen molar-refractivity contribution in [3.8, 4) is 0 Å². The lowest BCUT2D eigenvalue weighted by Gasteiger charge is -2.42. The summed E-state index contributed by atoms with van der Waals surface area (Å²) in [7, 11) is 0. The van der Waals surface area contributed by atoms with E-state index in [0.29, 0.717) is 11.3 Å². The molecule has 1 aromatic carbocycles. The summed E-state index contributed by atoms with van der Waals surface area (Å²) >= 11 is 3.82. The maximum Gasteiger partial charge on any atom is 0.201 e. The molecule has 3 saturated heterocycles. The minimum absolute atomic E-state index is 0.138. The number of fused-ring (bicyclic) bond motifs is 1. The molecule has 1 spiro atoms. The summed E-state index contributed by atoms with van der Waals surface area (Å²) in [6.07, 6.45) is 0.443. The van der Waals surface area contributed by atoms with Crippen LogP contribution < -0.4 is 0 Å². The summed E-state index contributed by atoms with van der Waals surface area (Å²) in [5.74, 6) is 0. The summed E-state index contributed by atoms with van der Waals surface area (Å²) < 4.78 is 13.0. The number of hydrogen-bond acceptors (Lipinski definition) is 5. The number of hydrogen-bond donors (Lipinski definition) is 0. The van der Waals surface area contributed by atoms with E-state index in [-0.39, 0.29) is 22.0 Å². The quantitative estimate of drug-likeness (QED) is 0.722. The zero-order valence-corrected chi connectivity index (χ0v) is 16.9. The minimum Gasteiger partial charge on any atom is -0.349 e. The molecule has 0 N–H and O–H groups in total. The average molecular weight is 366 g/mol. The monoisotopic (exact) mass is 365 g/mol. The van der Waals surface area contributed by atoms with Crippen LogP contribution in [-0.2, 0) is 14.5 Å². The van der Waals surface area contributed by atoms with Gasteiger partial charge >= 0.3 is 0 Å². The Kier molecular flexibility index (Phi) is 3.87. The molecule has 24 heavy (non-hydrogen) atoms. The van der Waals surface area contributed by atoms with E-state index >= 15 is 0 Å². The average Bonchev–Trinajstić information content (AvgIpc) is 3.03. The molecule has 3 nitrogen and oxygen atoms in total. The van der Waals surface area contributed by atoms with Crippen molar-refractivity contribution in [2.75, 3.05) is 0 Å². The topological polar surface area (TPSA) is 21.7 Å². The molecule has 1 aromatic rings. The second-order valence-corrected chi connectivity index (χ2v) is 10.9. The van der Waals surface area contributed by atoms with Crippen LogP contribution in [0.2, 0.25) is 0 Å². The zero-order chi connectivity index (χ0) is 17.3. The molecule has 3 fully saturated rings. The van der Waals surface area contributed by atoms with Gasteiger partial charge in [-0.25, -0.2) is 4.90 Å². The van der Waals surface area contributed by atoms with Crippen molar-refractivity contribution in [3.05, 3.63) is 35.9 Å². The first-order chi connectivity index (χ1) is 11.2.